The van der Waals surface area contributed by atoms with Gasteiger partial charge in [0.15, 0.2) is 0 Å². The van der Waals surface area contributed by atoms with Crippen LogP contribution < -0.4 is 5.32 Å². The van der Waals surface area contributed by atoms with Gasteiger partial charge in [0.05, 0.1) is 10.0 Å². The van der Waals surface area contributed by atoms with Crippen LogP contribution in [0.2, 0.25) is 10.0 Å². The lowest BCUT2D eigenvalue weighted by Crippen LogP contribution is -2.32. The van der Waals surface area contributed by atoms with Crippen LogP contribution in [-0.2, 0) is 9.59 Å². The highest BCUT2D eigenvalue weighted by molar-refractivity contribution is 6.42. The Hall–Kier alpha value is -1.79. The van der Waals surface area contributed by atoms with Gasteiger partial charge in [0.25, 0.3) is 0 Å². The molecule has 1 aliphatic heterocycles. The van der Waals surface area contributed by atoms with E-state index in [1.165, 1.54) is 4.90 Å². The summed E-state index contributed by atoms with van der Waals surface area (Å²) in [5, 5.41) is 3.45. The summed E-state index contributed by atoms with van der Waals surface area (Å²) in [5.41, 5.74) is 0.549. The minimum Gasteiger partial charge on any atom is -0.326 e. The van der Waals surface area contributed by atoms with Crippen LogP contribution in [0, 0.1) is 0 Å². The summed E-state index contributed by atoms with van der Waals surface area (Å²) in [6.07, 6.45) is 0.597. The number of nitrogens with zero attached hydrogens (tertiary/aromatic N) is 2. The summed E-state index contributed by atoms with van der Waals surface area (Å²) >= 11 is 11.7. The first-order valence-corrected chi connectivity index (χ1v) is 7.44. The van der Waals surface area contributed by atoms with E-state index in [0.29, 0.717) is 22.2 Å². The third-order valence-electron chi connectivity index (χ3n) is 3.22. The highest BCUT2D eigenvalue weighted by Gasteiger charge is 2.32. The predicted octanol–water partition coefficient (Wildman–Crippen LogP) is 2.61. The van der Waals surface area contributed by atoms with Gasteiger partial charge in [-0.1, -0.05) is 23.2 Å². The van der Waals surface area contributed by atoms with Gasteiger partial charge in [-0.3, -0.25) is 14.5 Å². The molecule has 6 nitrogen and oxygen atoms in total. The van der Waals surface area contributed by atoms with E-state index >= 15 is 0 Å². The molecule has 0 spiro atoms. The molecule has 1 fully saturated rings. The minimum absolute atomic E-state index is 0.0916. The second-order valence-electron chi connectivity index (χ2n) is 4.96. The lowest BCUT2D eigenvalue weighted by molar-refractivity contribution is -0.125. The van der Waals surface area contributed by atoms with Crippen LogP contribution in [0.3, 0.4) is 0 Å². The number of amides is 4. The lowest BCUT2D eigenvalue weighted by Gasteiger charge is -2.13. The maximum absolute atomic E-state index is 11.8. The van der Waals surface area contributed by atoms with Crippen molar-refractivity contribution in [1.29, 1.82) is 0 Å². The fourth-order valence-electron chi connectivity index (χ4n) is 2.08. The second-order valence-corrected chi connectivity index (χ2v) is 5.78. The summed E-state index contributed by atoms with van der Waals surface area (Å²) < 4.78 is 0. The number of anilines is 1. The van der Waals surface area contributed by atoms with E-state index in [-0.39, 0.29) is 37.4 Å². The number of carbonyl (C=O) groups excluding carboxylic acids is 3. The molecule has 22 heavy (non-hydrogen) atoms. The first-order chi connectivity index (χ1) is 10.4. The van der Waals surface area contributed by atoms with E-state index in [2.05, 4.69) is 5.32 Å². The zero-order valence-corrected chi connectivity index (χ0v) is 13.4. The number of rotatable bonds is 5. The fourth-order valence-corrected chi connectivity index (χ4v) is 2.38. The summed E-state index contributed by atoms with van der Waals surface area (Å²) in [5.74, 6) is -0.455. The van der Waals surface area contributed by atoms with Gasteiger partial charge < -0.3 is 10.2 Å². The number of carbonyl (C=O) groups is 3. The van der Waals surface area contributed by atoms with Crippen LogP contribution in [0.25, 0.3) is 0 Å². The molecule has 0 unspecified atom stereocenters. The number of nitrogens with one attached hydrogen (secondary N) is 1. The normalized spacial score (nSPS) is 14.7. The van der Waals surface area contributed by atoms with Crippen LogP contribution in [0.1, 0.15) is 12.8 Å². The van der Waals surface area contributed by atoms with Gasteiger partial charge in [-0.25, -0.2) is 4.79 Å². The van der Waals surface area contributed by atoms with E-state index in [0.717, 1.165) is 4.90 Å². The number of benzene rings is 1. The van der Waals surface area contributed by atoms with Crippen molar-refractivity contribution in [1.82, 2.24) is 9.80 Å². The Morgan fingerprint density at radius 2 is 2.00 bits per heavy atom. The van der Waals surface area contributed by atoms with Crippen LogP contribution in [0.4, 0.5) is 10.5 Å². The number of hydrogen-bond acceptors (Lipinski definition) is 3. The molecule has 0 saturated carbocycles. The van der Waals surface area contributed by atoms with E-state index in [1.807, 2.05) is 0 Å². The summed E-state index contributed by atoms with van der Waals surface area (Å²) in [4.78, 5) is 37.6. The summed E-state index contributed by atoms with van der Waals surface area (Å²) in [7, 11) is 1.57. The Morgan fingerprint density at radius 3 is 2.59 bits per heavy atom. The topological polar surface area (TPSA) is 69.7 Å². The molecule has 1 aromatic carbocycles. The molecule has 8 heteroatoms. The van der Waals surface area contributed by atoms with Gasteiger partial charge >= 0.3 is 6.03 Å². The maximum atomic E-state index is 11.8. The summed E-state index contributed by atoms with van der Waals surface area (Å²) in [6, 6.07) is 4.48. The zero-order chi connectivity index (χ0) is 16.3. The molecular weight excluding hydrogens is 329 g/mol. The van der Waals surface area contributed by atoms with Gasteiger partial charge in [0.2, 0.25) is 11.8 Å². The van der Waals surface area contributed by atoms with Crippen LogP contribution in [-0.4, -0.2) is 47.8 Å². The number of likely N-dealkylation sites (N-methyl/N-ethyl adjacent to an activating group) is 1. The molecule has 4 amide bonds. The van der Waals surface area contributed by atoms with Crippen LogP contribution in [0.5, 0.6) is 0 Å². The number of urea groups is 1. The molecule has 0 aromatic heterocycles. The SMILES string of the molecule is CN1CC(=O)N(CCCC(=O)Nc2ccc(Cl)c(Cl)c2)C1=O. The van der Waals surface area contributed by atoms with Gasteiger partial charge in [-0.05, 0) is 24.6 Å². The minimum atomic E-state index is -0.324. The molecule has 1 aromatic rings. The molecule has 0 bridgehead atoms. The number of halogens is 2. The standard InChI is InChI=1S/C14H15Cl2N3O3/c1-18-8-13(21)19(14(18)22)6-2-3-12(20)17-9-4-5-10(15)11(16)7-9/h4-5,7H,2-3,6,8H2,1H3,(H,17,20). The average molecular weight is 344 g/mol. The van der Waals surface area contributed by atoms with Crippen molar-refractivity contribution in [2.24, 2.45) is 0 Å². The fraction of sp³-hybridized carbons (Fsp3) is 0.357. The van der Waals surface area contributed by atoms with E-state index in [9.17, 15) is 14.4 Å². The van der Waals surface area contributed by atoms with E-state index < -0.39 is 0 Å². The van der Waals surface area contributed by atoms with Crippen molar-refractivity contribution in [2.75, 3.05) is 25.5 Å². The Kier molecular flexibility index (Phi) is 5.26. The smallest absolute Gasteiger partial charge is 0.326 e. The Bertz CT molecular complexity index is 621. The van der Waals surface area contributed by atoms with Crippen LogP contribution >= 0.6 is 23.2 Å². The third-order valence-corrected chi connectivity index (χ3v) is 3.96. The molecular formula is C14H15Cl2N3O3. The van der Waals surface area contributed by atoms with Gasteiger partial charge in [0, 0.05) is 25.7 Å². The number of hydrogen-bond donors (Lipinski definition) is 1. The van der Waals surface area contributed by atoms with Crippen molar-refractivity contribution in [3.05, 3.63) is 28.2 Å². The highest BCUT2D eigenvalue weighted by atomic mass is 35.5. The second kappa shape index (κ2) is 6.98. The first-order valence-electron chi connectivity index (χ1n) is 6.69. The molecule has 2 rings (SSSR count). The Balaban J connectivity index is 1.79. The van der Waals surface area contributed by atoms with Gasteiger partial charge in [-0.2, -0.15) is 0 Å². The number of imide groups is 1. The van der Waals surface area contributed by atoms with E-state index in [1.54, 1.807) is 25.2 Å². The van der Waals surface area contributed by atoms with E-state index in [4.69, 9.17) is 23.2 Å². The van der Waals surface area contributed by atoms with Crippen molar-refractivity contribution >= 4 is 46.7 Å². The molecule has 118 valence electrons. The monoisotopic (exact) mass is 343 g/mol. The molecule has 0 radical (unpaired) electrons. The summed E-state index contributed by atoms with van der Waals surface area (Å²) in [6.45, 7) is 0.325. The average Bonchev–Trinajstić information content (AvgIpc) is 2.69. The molecule has 1 aliphatic rings. The third kappa shape index (κ3) is 3.90. The van der Waals surface area contributed by atoms with Gasteiger partial charge in [-0.15, -0.1) is 0 Å². The molecule has 1 N–H and O–H groups in total. The highest BCUT2D eigenvalue weighted by Crippen LogP contribution is 2.25. The molecule has 0 aliphatic carbocycles. The van der Waals surface area contributed by atoms with Gasteiger partial charge in [0.1, 0.15) is 6.54 Å². The van der Waals surface area contributed by atoms with Crippen LogP contribution in [0.15, 0.2) is 18.2 Å². The maximum Gasteiger partial charge on any atom is 0.326 e. The van der Waals surface area contributed by atoms with Crippen molar-refractivity contribution in [2.45, 2.75) is 12.8 Å². The Labute approximate surface area is 138 Å². The quantitative estimate of drug-likeness (QED) is 0.835. The molecule has 1 heterocycles. The molecule has 1 saturated heterocycles. The van der Waals surface area contributed by atoms with Crippen molar-refractivity contribution in [3.8, 4) is 0 Å². The largest absolute Gasteiger partial charge is 0.326 e. The molecule has 0 atom stereocenters. The first kappa shape index (κ1) is 16.6. The Morgan fingerprint density at radius 1 is 1.27 bits per heavy atom. The van der Waals surface area contributed by atoms with Crippen molar-refractivity contribution in [3.63, 3.8) is 0 Å². The lowest BCUT2D eigenvalue weighted by atomic mass is 10.2. The zero-order valence-electron chi connectivity index (χ0n) is 11.9. The van der Waals surface area contributed by atoms with Crippen molar-refractivity contribution < 1.29 is 14.4 Å². The predicted molar refractivity (Wildman–Crippen MR) is 84.1 cm³/mol.